The van der Waals surface area contributed by atoms with E-state index in [1.807, 2.05) is 38.1 Å². The van der Waals surface area contributed by atoms with Crippen LogP contribution in [0.15, 0.2) is 53.3 Å². The van der Waals surface area contributed by atoms with Gasteiger partial charge >= 0.3 is 0 Å². The van der Waals surface area contributed by atoms with Gasteiger partial charge in [0.2, 0.25) is 5.91 Å². The molecule has 3 rings (SSSR count). The van der Waals surface area contributed by atoms with Crippen LogP contribution in [0.25, 0.3) is 11.4 Å². The molecule has 2 N–H and O–H groups in total. The van der Waals surface area contributed by atoms with Crippen molar-refractivity contribution in [3.05, 3.63) is 75.2 Å². The highest BCUT2D eigenvalue weighted by Gasteiger charge is 2.07. The van der Waals surface area contributed by atoms with Crippen LogP contribution >= 0.6 is 11.6 Å². The van der Waals surface area contributed by atoms with E-state index in [1.54, 1.807) is 18.2 Å². The van der Waals surface area contributed by atoms with Crippen LogP contribution in [-0.4, -0.2) is 22.5 Å². The lowest BCUT2D eigenvalue weighted by Crippen LogP contribution is -2.13. The van der Waals surface area contributed by atoms with E-state index in [1.165, 1.54) is 6.07 Å². The first-order chi connectivity index (χ1) is 14.4. The van der Waals surface area contributed by atoms with E-state index in [-0.39, 0.29) is 11.5 Å². The number of rotatable bonds is 8. The van der Waals surface area contributed by atoms with Crippen molar-refractivity contribution in [2.75, 3.05) is 11.9 Å². The summed E-state index contributed by atoms with van der Waals surface area (Å²) in [6, 6.07) is 14.2. The summed E-state index contributed by atoms with van der Waals surface area (Å²) in [5.41, 5.74) is 2.88. The van der Waals surface area contributed by atoms with Gasteiger partial charge in [0.1, 0.15) is 11.6 Å². The number of amides is 1. The zero-order chi connectivity index (χ0) is 21.5. The van der Waals surface area contributed by atoms with Crippen LogP contribution in [0.4, 0.5) is 5.69 Å². The Balaban J connectivity index is 1.55. The van der Waals surface area contributed by atoms with Crippen molar-refractivity contribution < 1.29 is 9.53 Å². The van der Waals surface area contributed by atoms with Gasteiger partial charge in [0, 0.05) is 34.5 Å². The number of aromatic nitrogens is 2. The molecule has 0 radical (unpaired) electrons. The first-order valence-corrected chi connectivity index (χ1v) is 10.2. The third kappa shape index (κ3) is 5.94. The second kappa shape index (κ2) is 10.1. The molecule has 6 nitrogen and oxygen atoms in total. The number of benzene rings is 2. The van der Waals surface area contributed by atoms with Crippen LogP contribution < -0.4 is 15.6 Å². The summed E-state index contributed by atoms with van der Waals surface area (Å²) in [6.07, 6.45) is 1.59. The van der Waals surface area contributed by atoms with Gasteiger partial charge in [-0.05, 0) is 55.7 Å². The molecule has 1 heterocycles. The molecule has 0 bridgehead atoms. The number of carbonyl (C=O) groups excluding carboxylic acids is 1. The van der Waals surface area contributed by atoms with Crippen molar-refractivity contribution in [3.8, 4) is 17.1 Å². The molecule has 1 amide bonds. The van der Waals surface area contributed by atoms with E-state index in [0.717, 1.165) is 22.6 Å². The number of nitrogens with zero attached hydrogens (tertiary/aromatic N) is 1. The lowest BCUT2D eigenvalue weighted by Gasteiger charge is -2.10. The fraction of sp³-hybridized carbons (Fsp3) is 0.261. The minimum Gasteiger partial charge on any atom is -0.493 e. The van der Waals surface area contributed by atoms with Crippen LogP contribution in [0.2, 0.25) is 5.02 Å². The molecule has 7 heteroatoms. The Hall–Kier alpha value is -3.12. The second-order valence-corrected chi connectivity index (χ2v) is 7.37. The van der Waals surface area contributed by atoms with Gasteiger partial charge in [-0.1, -0.05) is 30.7 Å². The van der Waals surface area contributed by atoms with Gasteiger partial charge in [-0.2, -0.15) is 0 Å². The number of H-pyrrole nitrogens is 1. The predicted molar refractivity (Wildman–Crippen MR) is 119 cm³/mol. The number of aryl methyl sites for hydroxylation is 2. The Morgan fingerprint density at radius 1 is 1.20 bits per heavy atom. The maximum Gasteiger partial charge on any atom is 0.251 e. The molecule has 0 aliphatic carbocycles. The van der Waals surface area contributed by atoms with Crippen molar-refractivity contribution in [1.29, 1.82) is 0 Å². The molecule has 0 fully saturated rings. The van der Waals surface area contributed by atoms with E-state index in [0.29, 0.717) is 42.4 Å². The third-order valence-corrected chi connectivity index (χ3v) is 4.75. The molecule has 0 unspecified atom stereocenters. The van der Waals surface area contributed by atoms with E-state index >= 15 is 0 Å². The topological polar surface area (TPSA) is 84.1 Å². The number of anilines is 1. The molecule has 0 spiro atoms. The van der Waals surface area contributed by atoms with Gasteiger partial charge in [0.25, 0.3) is 5.56 Å². The van der Waals surface area contributed by atoms with Gasteiger partial charge in [-0.15, -0.1) is 0 Å². The first kappa shape index (κ1) is 21.6. The highest BCUT2D eigenvalue weighted by Crippen LogP contribution is 2.22. The summed E-state index contributed by atoms with van der Waals surface area (Å²) < 4.78 is 5.72. The van der Waals surface area contributed by atoms with Crippen LogP contribution in [0.1, 0.15) is 31.0 Å². The fourth-order valence-electron chi connectivity index (χ4n) is 2.98. The summed E-state index contributed by atoms with van der Waals surface area (Å²) in [5, 5.41) is 3.55. The average molecular weight is 426 g/mol. The molecule has 0 aliphatic heterocycles. The molecule has 3 aromatic rings. The van der Waals surface area contributed by atoms with Crippen molar-refractivity contribution in [1.82, 2.24) is 9.97 Å². The Morgan fingerprint density at radius 2 is 2.03 bits per heavy atom. The fourth-order valence-corrected chi connectivity index (χ4v) is 3.21. The Bertz CT molecular complexity index is 1100. The van der Waals surface area contributed by atoms with Gasteiger partial charge < -0.3 is 15.0 Å². The standard InChI is InChI=1S/C23H24ClN3O3/c1-3-18-14-22(29)27-23(26-18)16-6-4-7-19(13-16)25-21(28)8-5-11-30-20-10-9-17(24)12-15(20)2/h4,6-7,9-10,12-14H,3,5,8,11H2,1-2H3,(H,25,28)(H,26,27,29). The second-order valence-electron chi connectivity index (χ2n) is 6.93. The zero-order valence-electron chi connectivity index (χ0n) is 17.0. The first-order valence-electron chi connectivity index (χ1n) is 9.84. The smallest absolute Gasteiger partial charge is 0.251 e. The van der Waals surface area contributed by atoms with Crippen molar-refractivity contribution in [2.45, 2.75) is 33.1 Å². The number of hydrogen-bond donors (Lipinski definition) is 2. The van der Waals surface area contributed by atoms with Crippen LogP contribution in [0.5, 0.6) is 5.75 Å². The molecular weight excluding hydrogens is 402 g/mol. The van der Waals surface area contributed by atoms with E-state index in [2.05, 4.69) is 15.3 Å². The molecule has 0 aliphatic rings. The number of ether oxygens (including phenoxy) is 1. The Kier molecular flexibility index (Phi) is 7.25. The maximum absolute atomic E-state index is 12.3. The molecule has 156 valence electrons. The molecule has 0 saturated heterocycles. The van der Waals surface area contributed by atoms with Crippen LogP contribution in [-0.2, 0) is 11.2 Å². The summed E-state index contributed by atoms with van der Waals surface area (Å²) in [4.78, 5) is 31.3. The Labute approximate surface area is 180 Å². The molecule has 0 atom stereocenters. The third-order valence-electron chi connectivity index (χ3n) is 4.52. The van der Waals surface area contributed by atoms with E-state index < -0.39 is 0 Å². The van der Waals surface area contributed by atoms with Crippen molar-refractivity contribution in [2.24, 2.45) is 0 Å². The molecule has 1 aromatic heterocycles. The minimum absolute atomic E-state index is 0.104. The summed E-state index contributed by atoms with van der Waals surface area (Å²) in [5.74, 6) is 1.15. The average Bonchev–Trinajstić information content (AvgIpc) is 2.72. The number of carbonyl (C=O) groups is 1. The molecule has 2 aromatic carbocycles. The predicted octanol–water partition coefficient (Wildman–Crippen LogP) is 4.76. The van der Waals surface area contributed by atoms with Crippen LogP contribution in [0.3, 0.4) is 0 Å². The Morgan fingerprint density at radius 3 is 2.80 bits per heavy atom. The number of halogens is 1. The monoisotopic (exact) mass is 425 g/mol. The number of nitrogens with one attached hydrogen (secondary N) is 2. The summed E-state index contributed by atoms with van der Waals surface area (Å²) >= 11 is 5.94. The largest absolute Gasteiger partial charge is 0.493 e. The highest BCUT2D eigenvalue weighted by molar-refractivity contribution is 6.30. The normalized spacial score (nSPS) is 10.6. The van der Waals surface area contributed by atoms with Gasteiger partial charge in [0.15, 0.2) is 0 Å². The maximum atomic E-state index is 12.3. The number of aromatic amines is 1. The van der Waals surface area contributed by atoms with Crippen molar-refractivity contribution in [3.63, 3.8) is 0 Å². The lowest BCUT2D eigenvalue weighted by molar-refractivity contribution is -0.116. The van der Waals surface area contributed by atoms with Gasteiger partial charge in [0.05, 0.1) is 6.61 Å². The summed E-state index contributed by atoms with van der Waals surface area (Å²) in [6.45, 7) is 4.31. The van der Waals surface area contributed by atoms with Gasteiger partial charge in [-0.25, -0.2) is 4.98 Å². The molecular formula is C23H24ClN3O3. The van der Waals surface area contributed by atoms with Crippen LogP contribution in [0, 0.1) is 6.92 Å². The molecule has 30 heavy (non-hydrogen) atoms. The van der Waals surface area contributed by atoms with E-state index in [4.69, 9.17) is 16.3 Å². The van der Waals surface area contributed by atoms with E-state index in [9.17, 15) is 9.59 Å². The SMILES string of the molecule is CCc1cc(=O)[nH]c(-c2cccc(NC(=O)CCCOc3ccc(Cl)cc3C)c2)n1. The lowest BCUT2D eigenvalue weighted by atomic mass is 10.1. The number of hydrogen-bond acceptors (Lipinski definition) is 4. The summed E-state index contributed by atoms with van der Waals surface area (Å²) in [7, 11) is 0. The van der Waals surface area contributed by atoms with Gasteiger partial charge in [-0.3, -0.25) is 9.59 Å². The quantitative estimate of drug-likeness (QED) is 0.509. The minimum atomic E-state index is -0.192. The molecule has 0 saturated carbocycles. The highest BCUT2D eigenvalue weighted by atomic mass is 35.5. The van der Waals surface area contributed by atoms with Crippen molar-refractivity contribution >= 4 is 23.2 Å². The zero-order valence-corrected chi connectivity index (χ0v) is 17.8.